The first-order valence-corrected chi connectivity index (χ1v) is 13.3. The van der Waals surface area contributed by atoms with E-state index < -0.39 is 12.0 Å². The Balaban J connectivity index is 1.30. The molecule has 2 unspecified atom stereocenters. The Bertz CT molecular complexity index is 1290. The van der Waals surface area contributed by atoms with Crippen molar-refractivity contribution in [1.82, 2.24) is 30.4 Å². The number of ether oxygens (including phenoxy) is 1. The summed E-state index contributed by atoms with van der Waals surface area (Å²) in [5.41, 5.74) is 2.83. The van der Waals surface area contributed by atoms with E-state index in [1.54, 1.807) is 16.9 Å². The van der Waals surface area contributed by atoms with Crippen molar-refractivity contribution < 1.29 is 23.1 Å². The average Bonchev–Trinajstić information content (AvgIpc) is 3.52. The molecule has 204 valence electrons. The molecule has 11 heteroatoms. The number of imidazole rings is 1. The van der Waals surface area contributed by atoms with E-state index in [0.717, 1.165) is 35.9 Å². The van der Waals surface area contributed by atoms with E-state index in [2.05, 4.69) is 20.7 Å². The first kappa shape index (κ1) is 26.3. The van der Waals surface area contributed by atoms with Crippen LogP contribution < -0.4 is 10.6 Å². The number of rotatable bonds is 9. The second kappa shape index (κ2) is 10.8. The van der Waals surface area contributed by atoms with Gasteiger partial charge in [0.2, 0.25) is 11.8 Å². The van der Waals surface area contributed by atoms with Crippen molar-refractivity contribution in [2.75, 3.05) is 6.61 Å². The van der Waals surface area contributed by atoms with Gasteiger partial charge in [0.05, 0.1) is 17.1 Å². The van der Waals surface area contributed by atoms with Gasteiger partial charge in [-0.2, -0.15) is 5.10 Å². The van der Waals surface area contributed by atoms with Crippen LogP contribution in [0.1, 0.15) is 86.3 Å². The van der Waals surface area contributed by atoms with Gasteiger partial charge < -0.3 is 20.4 Å². The average molecular weight is 529 g/mol. The molecule has 3 aromatic rings. The third kappa shape index (κ3) is 5.87. The molecule has 1 saturated heterocycles. The summed E-state index contributed by atoms with van der Waals surface area (Å²) >= 11 is 0. The Labute approximate surface area is 219 Å². The minimum Gasteiger partial charge on any atom is -0.376 e. The molecule has 0 radical (unpaired) electrons. The first-order chi connectivity index (χ1) is 18.2. The van der Waals surface area contributed by atoms with Crippen LogP contribution in [0.5, 0.6) is 0 Å². The molecule has 0 bridgehead atoms. The second-order valence-electron chi connectivity index (χ2n) is 10.7. The van der Waals surface area contributed by atoms with Crippen LogP contribution in [0.25, 0.3) is 11.0 Å². The number of hydrogen-bond donors (Lipinski definition) is 3. The van der Waals surface area contributed by atoms with Crippen molar-refractivity contribution in [3.63, 3.8) is 0 Å². The van der Waals surface area contributed by atoms with Crippen LogP contribution in [0, 0.1) is 5.92 Å². The van der Waals surface area contributed by atoms with Crippen molar-refractivity contribution in [1.29, 1.82) is 0 Å². The molecule has 3 N–H and O–H groups in total. The summed E-state index contributed by atoms with van der Waals surface area (Å²) in [7, 11) is 0. The highest BCUT2D eigenvalue weighted by Crippen LogP contribution is 2.43. The maximum atomic E-state index is 13.3. The van der Waals surface area contributed by atoms with Crippen molar-refractivity contribution in [2.24, 2.45) is 5.92 Å². The number of alkyl halides is 2. The number of amides is 2. The second-order valence-corrected chi connectivity index (χ2v) is 10.7. The van der Waals surface area contributed by atoms with Crippen molar-refractivity contribution in [3.8, 4) is 0 Å². The van der Waals surface area contributed by atoms with E-state index in [9.17, 15) is 18.4 Å². The summed E-state index contributed by atoms with van der Waals surface area (Å²) in [6.07, 6.45) is 3.86. The predicted octanol–water partition coefficient (Wildman–Crippen LogP) is 4.43. The van der Waals surface area contributed by atoms with Gasteiger partial charge in [0.1, 0.15) is 17.6 Å². The van der Waals surface area contributed by atoms with Crippen molar-refractivity contribution in [2.45, 2.75) is 83.0 Å². The van der Waals surface area contributed by atoms with Gasteiger partial charge in [-0.1, -0.05) is 6.07 Å². The van der Waals surface area contributed by atoms with E-state index in [1.807, 2.05) is 32.0 Å². The fraction of sp³-hybridized carbons (Fsp3) is 0.556. The lowest BCUT2D eigenvalue weighted by atomic mass is 9.79. The quantitative estimate of drug-likeness (QED) is 0.380. The molecule has 1 aliphatic heterocycles. The molecule has 2 amide bonds. The summed E-state index contributed by atoms with van der Waals surface area (Å²) in [6.45, 7) is 4.86. The molecule has 1 aliphatic carbocycles. The van der Waals surface area contributed by atoms with Gasteiger partial charge in [0, 0.05) is 44.7 Å². The molecule has 9 nitrogen and oxygen atoms in total. The summed E-state index contributed by atoms with van der Waals surface area (Å²) < 4.78 is 33.8. The molecule has 1 saturated carbocycles. The highest BCUT2D eigenvalue weighted by Gasteiger charge is 2.45. The first-order valence-electron chi connectivity index (χ1n) is 13.3. The SMILES string of the molecule is CC(C)n1nccc1C(=O)NC(c1nc2ccc(CNC(=O)CC3CC(F)(F)C3)cc2[nH]1)C1CCCCO1. The van der Waals surface area contributed by atoms with Gasteiger partial charge in [-0.3, -0.25) is 14.3 Å². The molecule has 2 fully saturated rings. The van der Waals surface area contributed by atoms with Crippen molar-refractivity contribution in [3.05, 3.63) is 47.5 Å². The number of aromatic nitrogens is 4. The summed E-state index contributed by atoms with van der Waals surface area (Å²) in [6, 6.07) is 6.89. The Morgan fingerprint density at radius 1 is 1.24 bits per heavy atom. The Kier molecular flexibility index (Phi) is 7.47. The monoisotopic (exact) mass is 528 g/mol. The normalized spacial score (nSPS) is 20.3. The number of H-pyrrole nitrogens is 1. The zero-order valence-corrected chi connectivity index (χ0v) is 21.7. The van der Waals surface area contributed by atoms with E-state index in [4.69, 9.17) is 9.72 Å². The fourth-order valence-electron chi connectivity index (χ4n) is 5.28. The Hall–Kier alpha value is -3.34. The van der Waals surface area contributed by atoms with Gasteiger partial charge in [-0.05, 0) is 62.8 Å². The number of carbonyl (C=O) groups excluding carboxylic acids is 2. The topological polar surface area (TPSA) is 114 Å². The maximum absolute atomic E-state index is 13.3. The molecule has 2 atom stereocenters. The third-order valence-corrected chi connectivity index (χ3v) is 7.26. The summed E-state index contributed by atoms with van der Waals surface area (Å²) in [5.74, 6) is -2.75. The number of benzene rings is 1. The van der Waals surface area contributed by atoms with Crippen LogP contribution in [0.4, 0.5) is 8.78 Å². The number of hydrogen-bond acceptors (Lipinski definition) is 5. The van der Waals surface area contributed by atoms with Crippen LogP contribution >= 0.6 is 0 Å². The maximum Gasteiger partial charge on any atom is 0.270 e. The van der Waals surface area contributed by atoms with E-state index in [-0.39, 0.29) is 55.7 Å². The Morgan fingerprint density at radius 3 is 2.76 bits per heavy atom. The fourth-order valence-corrected chi connectivity index (χ4v) is 5.28. The molecule has 3 heterocycles. The molecule has 0 spiro atoms. The minimum atomic E-state index is -2.62. The largest absolute Gasteiger partial charge is 0.376 e. The van der Waals surface area contributed by atoms with Crippen LogP contribution in [0.3, 0.4) is 0 Å². The number of carbonyl (C=O) groups is 2. The summed E-state index contributed by atoms with van der Waals surface area (Å²) in [5, 5.41) is 10.2. The van der Waals surface area contributed by atoms with Crippen LogP contribution in [-0.4, -0.2) is 50.2 Å². The molecule has 5 rings (SSSR count). The zero-order valence-electron chi connectivity index (χ0n) is 21.7. The molecule has 2 aliphatic rings. The lowest BCUT2D eigenvalue weighted by molar-refractivity contribution is -0.133. The van der Waals surface area contributed by atoms with E-state index in [1.165, 1.54) is 0 Å². The molecule has 38 heavy (non-hydrogen) atoms. The number of nitrogens with one attached hydrogen (secondary N) is 3. The van der Waals surface area contributed by atoms with Crippen LogP contribution in [-0.2, 0) is 16.1 Å². The van der Waals surface area contributed by atoms with Gasteiger partial charge in [0.25, 0.3) is 5.91 Å². The van der Waals surface area contributed by atoms with Gasteiger partial charge >= 0.3 is 0 Å². The number of fused-ring (bicyclic) bond motifs is 1. The van der Waals surface area contributed by atoms with Crippen molar-refractivity contribution >= 4 is 22.8 Å². The number of aromatic amines is 1. The lowest BCUT2D eigenvalue weighted by Gasteiger charge is -2.34. The molecule has 2 aromatic heterocycles. The molecular weight excluding hydrogens is 494 g/mol. The van der Waals surface area contributed by atoms with Crippen LogP contribution in [0.15, 0.2) is 30.5 Å². The summed E-state index contributed by atoms with van der Waals surface area (Å²) in [4.78, 5) is 33.6. The molecule has 1 aromatic carbocycles. The van der Waals surface area contributed by atoms with E-state index >= 15 is 0 Å². The van der Waals surface area contributed by atoms with Gasteiger partial charge in [-0.25, -0.2) is 13.8 Å². The third-order valence-electron chi connectivity index (χ3n) is 7.26. The highest BCUT2D eigenvalue weighted by atomic mass is 19.3. The predicted molar refractivity (Wildman–Crippen MR) is 137 cm³/mol. The van der Waals surface area contributed by atoms with E-state index in [0.29, 0.717) is 18.1 Å². The molecular formula is C27H34F2N6O3. The van der Waals surface area contributed by atoms with Gasteiger partial charge in [0.15, 0.2) is 0 Å². The standard InChI is InChI=1S/C27H34F2N6O3/c1-16(2)35-21(8-9-31-35)26(37)34-24(22-5-3-4-10-38-22)25-32-19-7-6-17(11-20(19)33-25)15-30-23(36)12-18-13-27(28,29)14-18/h6-9,11,16,18,22,24H,3-5,10,12-15H2,1-2H3,(H,30,36)(H,32,33)(H,34,37). The zero-order chi connectivity index (χ0) is 26.9. The Morgan fingerprint density at radius 2 is 2.05 bits per heavy atom. The lowest BCUT2D eigenvalue weighted by Crippen LogP contribution is -2.40. The number of halogens is 2. The highest BCUT2D eigenvalue weighted by molar-refractivity contribution is 5.93. The van der Waals surface area contributed by atoms with Gasteiger partial charge in [-0.15, -0.1) is 0 Å². The smallest absolute Gasteiger partial charge is 0.270 e. The number of nitrogens with zero attached hydrogens (tertiary/aromatic N) is 3. The van der Waals surface area contributed by atoms with Crippen LogP contribution in [0.2, 0.25) is 0 Å². The minimum absolute atomic E-state index is 0.0370.